The van der Waals surface area contributed by atoms with E-state index in [0.29, 0.717) is 6.54 Å². The third-order valence-electron chi connectivity index (χ3n) is 3.09. The third-order valence-corrected chi connectivity index (χ3v) is 3.09. The van der Waals surface area contributed by atoms with E-state index < -0.39 is 28.8 Å². The molecule has 1 nitrogen and oxygen atoms in total. The maximum Gasteiger partial charge on any atom is 0.165 e. The number of hydrogen-bond donors (Lipinski definition) is 1. The second kappa shape index (κ2) is 5.04. The number of nitrogens with one attached hydrogen (secondary N) is 1. The zero-order valence-electron chi connectivity index (χ0n) is 9.20. The van der Waals surface area contributed by atoms with Crippen LogP contribution in [0.15, 0.2) is 6.07 Å². The zero-order valence-corrected chi connectivity index (χ0v) is 9.20. The molecule has 1 fully saturated rings. The lowest BCUT2D eigenvalue weighted by molar-refractivity contribution is 0.357. The Morgan fingerprint density at radius 3 is 2.29 bits per heavy atom. The summed E-state index contributed by atoms with van der Waals surface area (Å²) in [7, 11) is 0. The van der Waals surface area contributed by atoms with E-state index in [1.54, 1.807) is 0 Å². The fraction of sp³-hybridized carbons (Fsp3) is 0.500. The highest BCUT2D eigenvalue weighted by atomic mass is 19.2. The van der Waals surface area contributed by atoms with Gasteiger partial charge in [-0.3, -0.25) is 0 Å². The first-order valence-corrected chi connectivity index (χ1v) is 5.62. The van der Waals surface area contributed by atoms with Crippen molar-refractivity contribution in [3.8, 4) is 0 Å². The van der Waals surface area contributed by atoms with Gasteiger partial charge in [0.1, 0.15) is 0 Å². The summed E-state index contributed by atoms with van der Waals surface area (Å²) in [6.07, 6.45) is 1.75. The Morgan fingerprint density at radius 1 is 1.12 bits per heavy atom. The van der Waals surface area contributed by atoms with Crippen LogP contribution in [0.5, 0.6) is 0 Å². The molecule has 17 heavy (non-hydrogen) atoms. The Morgan fingerprint density at radius 2 is 1.76 bits per heavy atom. The van der Waals surface area contributed by atoms with Crippen molar-refractivity contribution < 1.29 is 17.6 Å². The molecule has 0 radical (unpaired) electrons. The summed E-state index contributed by atoms with van der Waals surface area (Å²) < 4.78 is 52.7. The molecule has 2 rings (SSSR count). The molecule has 0 bridgehead atoms. The molecule has 0 amide bonds. The summed E-state index contributed by atoms with van der Waals surface area (Å²) in [5.41, 5.74) is -0.476. The Kier molecular flexibility index (Phi) is 3.66. The topological polar surface area (TPSA) is 12.0 Å². The van der Waals surface area contributed by atoms with E-state index in [4.69, 9.17) is 0 Å². The van der Waals surface area contributed by atoms with Crippen molar-refractivity contribution in [2.24, 2.45) is 5.92 Å². The highest BCUT2D eigenvalue weighted by Crippen LogP contribution is 2.24. The molecular formula is C12H13F4N. The second-order valence-corrected chi connectivity index (χ2v) is 4.36. The minimum atomic E-state index is -1.33. The van der Waals surface area contributed by atoms with E-state index in [9.17, 15) is 17.6 Å². The van der Waals surface area contributed by atoms with Crippen molar-refractivity contribution in [2.45, 2.75) is 19.3 Å². The van der Waals surface area contributed by atoms with E-state index >= 15 is 0 Å². The van der Waals surface area contributed by atoms with Crippen LogP contribution >= 0.6 is 0 Å². The Hall–Kier alpha value is -1.10. The molecule has 1 aliphatic heterocycles. The van der Waals surface area contributed by atoms with E-state index in [2.05, 4.69) is 5.32 Å². The zero-order chi connectivity index (χ0) is 12.4. The minimum Gasteiger partial charge on any atom is -0.316 e. The van der Waals surface area contributed by atoms with Crippen LogP contribution in [-0.2, 0) is 6.42 Å². The quantitative estimate of drug-likeness (QED) is 0.626. The Bertz CT molecular complexity index is 387. The highest BCUT2D eigenvalue weighted by molar-refractivity contribution is 5.23. The number of hydrogen-bond acceptors (Lipinski definition) is 1. The average Bonchev–Trinajstić information content (AvgIpc) is 2.33. The Labute approximate surface area is 96.8 Å². The standard InChI is InChI=1S/C12H13F4N/c13-9-5-10(14)12(16)8(11(9)15)4-7-2-1-3-17-6-7/h5,7,17H,1-4,6H2. The SMILES string of the molecule is Fc1cc(F)c(F)c(CC2CCCNC2)c1F. The van der Waals surface area contributed by atoms with E-state index in [0.717, 1.165) is 19.4 Å². The summed E-state index contributed by atoms with van der Waals surface area (Å²) in [5, 5.41) is 3.09. The van der Waals surface area contributed by atoms with Crippen LogP contribution in [0, 0.1) is 29.2 Å². The molecule has 0 spiro atoms. The fourth-order valence-corrected chi connectivity index (χ4v) is 2.19. The van der Waals surface area contributed by atoms with Gasteiger partial charge in [-0.2, -0.15) is 0 Å². The molecule has 5 heteroatoms. The monoisotopic (exact) mass is 247 g/mol. The fourth-order valence-electron chi connectivity index (χ4n) is 2.19. The highest BCUT2D eigenvalue weighted by Gasteiger charge is 2.23. The molecule has 1 unspecified atom stereocenters. The lowest BCUT2D eigenvalue weighted by atomic mass is 9.92. The minimum absolute atomic E-state index is 0.0222. The van der Waals surface area contributed by atoms with Gasteiger partial charge in [0.25, 0.3) is 0 Å². The Balaban J connectivity index is 2.24. The van der Waals surface area contributed by atoms with E-state index in [1.807, 2.05) is 0 Å². The molecule has 1 aromatic rings. The van der Waals surface area contributed by atoms with Gasteiger partial charge in [-0.15, -0.1) is 0 Å². The summed E-state index contributed by atoms with van der Waals surface area (Å²) in [6.45, 7) is 1.50. The maximum atomic E-state index is 13.4. The third kappa shape index (κ3) is 2.60. The summed E-state index contributed by atoms with van der Waals surface area (Å²) in [5.74, 6) is -5.18. The lowest BCUT2D eigenvalue weighted by Gasteiger charge is -2.23. The van der Waals surface area contributed by atoms with Gasteiger partial charge in [-0.1, -0.05) is 0 Å². The molecule has 0 saturated carbocycles. The van der Waals surface area contributed by atoms with Crippen LogP contribution < -0.4 is 5.32 Å². The van der Waals surface area contributed by atoms with Gasteiger partial charge >= 0.3 is 0 Å². The molecule has 1 saturated heterocycles. The summed E-state index contributed by atoms with van der Waals surface area (Å²) in [6, 6.07) is 0.243. The first-order valence-electron chi connectivity index (χ1n) is 5.62. The van der Waals surface area contributed by atoms with Crippen LogP contribution in [0.3, 0.4) is 0 Å². The van der Waals surface area contributed by atoms with Crippen molar-refractivity contribution >= 4 is 0 Å². The molecular weight excluding hydrogens is 234 g/mol. The van der Waals surface area contributed by atoms with Gasteiger partial charge in [-0.05, 0) is 38.3 Å². The predicted octanol–water partition coefficient (Wildman–Crippen LogP) is 2.79. The van der Waals surface area contributed by atoms with Gasteiger partial charge in [-0.25, -0.2) is 17.6 Å². The molecule has 94 valence electrons. The van der Waals surface area contributed by atoms with Gasteiger partial charge in [0.05, 0.1) is 0 Å². The van der Waals surface area contributed by atoms with E-state index in [-0.39, 0.29) is 18.4 Å². The van der Waals surface area contributed by atoms with Gasteiger partial charge in [0, 0.05) is 11.6 Å². The van der Waals surface area contributed by atoms with Crippen LogP contribution in [-0.4, -0.2) is 13.1 Å². The normalized spacial score (nSPS) is 20.6. The molecule has 1 atom stereocenters. The predicted molar refractivity (Wildman–Crippen MR) is 55.6 cm³/mol. The van der Waals surface area contributed by atoms with Crippen LogP contribution in [0.1, 0.15) is 18.4 Å². The van der Waals surface area contributed by atoms with Gasteiger partial charge in [0.2, 0.25) is 0 Å². The molecule has 1 heterocycles. The van der Waals surface area contributed by atoms with Crippen molar-refractivity contribution in [3.05, 3.63) is 34.9 Å². The first-order chi connectivity index (χ1) is 8.09. The van der Waals surface area contributed by atoms with Crippen molar-refractivity contribution in [1.29, 1.82) is 0 Å². The van der Waals surface area contributed by atoms with Gasteiger partial charge < -0.3 is 5.32 Å². The van der Waals surface area contributed by atoms with Gasteiger partial charge in [0.15, 0.2) is 23.3 Å². The average molecular weight is 247 g/mol. The van der Waals surface area contributed by atoms with Crippen LogP contribution in [0.4, 0.5) is 17.6 Å². The van der Waals surface area contributed by atoms with Crippen LogP contribution in [0.2, 0.25) is 0 Å². The largest absolute Gasteiger partial charge is 0.316 e. The first kappa shape index (κ1) is 12.4. The second-order valence-electron chi connectivity index (χ2n) is 4.36. The summed E-state index contributed by atoms with van der Waals surface area (Å²) >= 11 is 0. The number of halogens is 4. The van der Waals surface area contributed by atoms with Crippen LogP contribution in [0.25, 0.3) is 0 Å². The van der Waals surface area contributed by atoms with Crippen molar-refractivity contribution in [1.82, 2.24) is 5.32 Å². The smallest absolute Gasteiger partial charge is 0.165 e. The number of benzene rings is 1. The van der Waals surface area contributed by atoms with E-state index in [1.165, 1.54) is 0 Å². The lowest BCUT2D eigenvalue weighted by Crippen LogP contribution is -2.31. The van der Waals surface area contributed by atoms with Crippen molar-refractivity contribution in [2.75, 3.05) is 13.1 Å². The maximum absolute atomic E-state index is 13.4. The number of piperidine rings is 1. The molecule has 1 aliphatic rings. The molecule has 0 aromatic heterocycles. The number of rotatable bonds is 2. The van der Waals surface area contributed by atoms with Crippen molar-refractivity contribution in [3.63, 3.8) is 0 Å². The summed E-state index contributed by atoms with van der Waals surface area (Å²) in [4.78, 5) is 0. The molecule has 0 aliphatic carbocycles. The molecule has 1 N–H and O–H groups in total. The molecule has 1 aromatic carbocycles.